The molecule has 1 aromatic heterocycles. The van der Waals surface area contributed by atoms with Gasteiger partial charge in [-0.15, -0.1) is 0 Å². The molecule has 0 radical (unpaired) electrons. The van der Waals surface area contributed by atoms with E-state index >= 15 is 0 Å². The molecule has 1 aliphatic rings. The zero-order chi connectivity index (χ0) is 13.0. The third-order valence-corrected chi connectivity index (χ3v) is 3.77. The number of hydrogen-bond donors (Lipinski definition) is 2. The number of hydrogen-bond acceptors (Lipinski definition) is 4. The third-order valence-electron chi connectivity index (χ3n) is 3.77. The summed E-state index contributed by atoms with van der Waals surface area (Å²) in [4.78, 5) is 8.67. The van der Waals surface area contributed by atoms with Crippen LogP contribution in [-0.2, 0) is 0 Å². The van der Waals surface area contributed by atoms with Gasteiger partial charge in [0, 0.05) is 19.2 Å². The molecule has 0 aliphatic heterocycles. The quantitative estimate of drug-likeness (QED) is 0.811. The van der Waals surface area contributed by atoms with Crippen molar-refractivity contribution in [2.75, 3.05) is 24.2 Å². The lowest BCUT2D eigenvalue weighted by molar-refractivity contribution is 0.303. The number of nitrogens with one attached hydrogen (secondary N) is 2. The van der Waals surface area contributed by atoms with Crippen LogP contribution in [-0.4, -0.2) is 23.6 Å². The van der Waals surface area contributed by atoms with Gasteiger partial charge in [-0.25, -0.2) is 9.97 Å². The van der Waals surface area contributed by atoms with Crippen LogP contribution in [0.1, 0.15) is 51.0 Å². The Kier molecular flexibility index (Phi) is 4.39. The van der Waals surface area contributed by atoms with Crippen LogP contribution in [0.15, 0.2) is 6.33 Å². The van der Waals surface area contributed by atoms with E-state index < -0.39 is 0 Å². The molecule has 0 unspecified atom stereocenters. The second-order valence-corrected chi connectivity index (χ2v) is 5.40. The molecule has 100 valence electrons. The Morgan fingerprint density at radius 1 is 1.28 bits per heavy atom. The van der Waals surface area contributed by atoms with Crippen molar-refractivity contribution >= 4 is 11.6 Å². The largest absolute Gasteiger partial charge is 0.373 e. The van der Waals surface area contributed by atoms with Gasteiger partial charge in [0.1, 0.15) is 18.0 Å². The molecule has 1 saturated carbocycles. The van der Waals surface area contributed by atoms with Crippen LogP contribution in [0.3, 0.4) is 0 Å². The van der Waals surface area contributed by atoms with E-state index in [1.54, 1.807) is 6.33 Å². The SMILES string of the molecule is CNc1ncnc(NCCC2CCC2)c1C(C)C. The van der Waals surface area contributed by atoms with Crippen LogP contribution in [0.2, 0.25) is 0 Å². The summed E-state index contributed by atoms with van der Waals surface area (Å²) in [6.07, 6.45) is 7.12. The van der Waals surface area contributed by atoms with Gasteiger partial charge in [-0.1, -0.05) is 33.1 Å². The molecule has 0 aromatic carbocycles. The van der Waals surface area contributed by atoms with Gasteiger partial charge in [0.05, 0.1) is 0 Å². The minimum absolute atomic E-state index is 0.417. The number of rotatable bonds is 6. The van der Waals surface area contributed by atoms with Gasteiger partial charge in [-0.2, -0.15) is 0 Å². The zero-order valence-corrected chi connectivity index (χ0v) is 11.7. The first-order valence-corrected chi connectivity index (χ1v) is 6.99. The average Bonchev–Trinajstić information content (AvgIpc) is 2.31. The fourth-order valence-electron chi connectivity index (χ4n) is 2.46. The first-order valence-electron chi connectivity index (χ1n) is 6.99. The highest BCUT2D eigenvalue weighted by molar-refractivity contribution is 5.58. The van der Waals surface area contributed by atoms with E-state index in [0.29, 0.717) is 5.92 Å². The Bertz CT molecular complexity index is 385. The summed E-state index contributed by atoms with van der Waals surface area (Å²) in [7, 11) is 1.91. The third kappa shape index (κ3) is 2.92. The van der Waals surface area contributed by atoms with E-state index in [0.717, 1.165) is 24.1 Å². The normalized spacial score (nSPS) is 15.6. The number of anilines is 2. The summed E-state index contributed by atoms with van der Waals surface area (Å²) in [6, 6.07) is 0. The maximum atomic E-state index is 4.39. The van der Waals surface area contributed by atoms with E-state index in [-0.39, 0.29) is 0 Å². The molecule has 0 amide bonds. The fourth-order valence-corrected chi connectivity index (χ4v) is 2.46. The Morgan fingerprint density at radius 2 is 2.00 bits per heavy atom. The summed E-state index contributed by atoms with van der Waals surface area (Å²) in [6.45, 7) is 5.37. The summed E-state index contributed by atoms with van der Waals surface area (Å²) < 4.78 is 0. The van der Waals surface area contributed by atoms with Crippen molar-refractivity contribution in [2.45, 2.75) is 45.4 Å². The van der Waals surface area contributed by atoms with Crippen molar-refractivity contribution < 1.29 is 0 Å². The molecule has 4 heteroatoms. The van der Waals surface area contributed by atoms with Crippen LogP contribution in [0, 0.1) is 5.92 Å². The Balaban J connectivity index is 2.01. The van der Waals surface area contributed by atoms with Gasteiger partial charge in [-0.3, -0.25) is 0 Å². The van der Waals surface area contributed by atoms with Crippen LogP contribution in [0.4, 0.5) is 11.6 Å². The van der Waals surface area contributed by atoms with Crippen molar-refractivity contribution in [3.05, 3.63) is 11.9 Å². The highest BCUT2D eigenvalue weighted by Gasteiger charge is 2.18. The van der Waals surface area contributed by atoms with Gasteiger partial charge < -0.3 is 10.6 Å². The van der Waals surface area contributed by atoms with Crippen molar-refractivity contribution in [3.8, 4) is 0 Å². The summed E-state index contributed by atoms with van der Waals surface area (Å²) in [5.74, 6) is 3.28. The molecule has 4 nitrogen and oxygen atoms in total. The molecule has 2 N–H and O–H groups in total. The monoisotopic (exact) mass is 248 g/mol. The van der Waals surface area contributed by atoms with Crippen molar-refractivity contribution in [1.82, 2.24) is 9.97 Å². The molecule has 0 atom stereocenters. The molecule has 0 spiro atoms. The van der Waals surface area contributed by atoms with Crippen molar-refractivity contribution in [1.29, 1.82) is 0 Å². The zero-order valence-electron chi connectivity index (χ0n) is 11.7. The maximum Gasteiger partial charge on any atom is 0.134 e. The van der Waals surface area contributed by atoms with Crippen LogP contribution >= 0.6 is 0 Å². The standard InChI is InChI=1S/C14H24N4/c1-10(2)12-13(15-3)17-9-18-14(12)16-8-7-11-5-4-6-11/h9-11H,4-8H2,1-3H3,(H2,15,16,17,18). The first-order chi connectivity index (χ1) is 8.72. The minimum atomic E-state index is 0.417. The van der Waals surface area contributed by atoms with E-state index in [4.69, 9.17) is 0 Å². The summed E-state index contributed by atoms with van der Waals surface area (Å²) in [5.41, 5.74) is 1.19. The maximum absolute atomic E-state index is 4.39. The predicted octanol–water partition coefficient (Wildman–Crippen LogP) is 3.24. The molecule has 1 fully saturated rings. The summed E-state index contributed by atoms with van der Waals surface area (Å²) >= 11 is 0. The second kappa shape index (κ2) is 6.03. The van der Waals surface area contributed by atoms with Crippen LogP contribution in [0.5, 0.6) is 0 Å². The van der Waals surface area contributed by atoms with Gasteiger partial charge in [0.25, 0.3) is 0 Å². The molecule has 1 heterocycles. The van der Waals surface area contributed by atoms with Crippen molar-refractivity contribution in [2.24, 2.45) is 5.92 Å². The minimum Gasteiger partial charge on any atom is -0.373 e. The van der Waals surface area contributed by atoms with Gasteiger partial charge in [0.2, 0.25) is 0 Å². The number of aromatic nitrogens is 2. The molecule has 0 bridgehead atoms. The summed E-state index contributed by atoms with van der Waals surface area (Å²) in [5, 5.41) is 6.63. The molecular weight excluding hydrogens is 224 g/mol. The molecule has 18 heavy (non-hydrogen) atoms. The molecule has 1 aliphatic carbocycles. The smallest absolute Gasteiger partial charge is 0.134 e. The van der Waals surface area contributed by atoms with Crippen LogP contribution in [0.25, 0.3) is 0 Å². The predicted molar refractivity (Wildman–Crippen MR) is 76.1 cm³/mol. The van der Waals surface area contributed by atoms with E-state index in [1.165, 1.54) is 31.2 Å². The van der Waals surface area contributed by atoms with E-state index in [2.05, 4.69) is 34.4 Å². The molecule has 0 saturated heterocycles. The number of nitrogens with zero attached hydrogens (tertiary/aromatic N) is 2. The second-order valence-electron chi connectivity index (χ2n) is 5.40. The molecule has 1 aromatic rings. The first kappa shape index (κ1) is 13.1. The Morgan fingerprint density at radius 3 is 2.56 bits per heavy atom. The Labute approximate surface area is 110 Å². The lowest BCUT2D eigenvalue weighted by atomic mass is 9.83. The lowest BCUT2D eigenvalue weighted by Crippen LogP contribution is -2.17. The van der Waals surface area contributed by atoms with E-state index in [9.17, 15) is 0 Å². The molecule has 2 rings (SSSR count). The van der Waals surface area contributed by atoms with E-state index in [1.807, 2.05) is 7.05 Å². The van der Waals surface area contributed by atoms with Crippen molar-refractivity contribution in [3.63, 3.8) is 0 Å². The Hall–Kier alpha value is -1.32. The van der Waals surface area contributed by atoms with Gasteiger partial charge in [-0.05, 0) is 18.3 Å². The fraction of sp³-hybridized carbons (Fsp3) is 0.714. The van der Waals surface area contributed by atoms with Gasteiger partial charge >= 0.3 is 0 Å². The lowest BCUT2D eigenvalue weighted by Gasteiger charge is -2.25. The topological polar surface area (TPSA) is 49.8 Å². The average molecular weight is 248 g/mol. The highest BCUT2D eigenvalue weighted by atomic mass is 15.1. The van der Waals surface area contributed by atoms with Gasteiger partial charge in [0.15, 0.2) is 0 Å². The molecular formula is C14H24N4. The highest BCUT2D eigenvalue weighted by Crippen LogP contribution is 2.30. The van der Waals surface area contributed by atoms with Crippen LogP contribution < -0.4 is 10.6 Å².